The van der Waals surface area contributed by atoms with E-state index in [0.29, 0.717) is 31.5 Å². The molecule has 5 rings (SSSR count). The number of anilines is 1. The number of nitrogens with zero attached hydrogens (tertiary/aromatic N) is 4. The minimum Gasteiger partial charge on any atom is -0.356 e. The lowest BCUT2D eigenvalue weighted by Gasteiger charge is -2.32. The van der Waals surface area contributed by atoms with E-state index in [1.54, 1.807) is 0 Å². The number of fused-ring (bicyclic) bond motifs is 1. The second-order valence-corrected chi connectivity index (χ2v) is 10.2. The van der Waals surface area contributed by atoms with Crippen LogP contribution in [0, 0.1) is 5.92 Å². The zero-order chi connectivity index (χ0) is 24.9. The molecule has 2 saturated heterocycles. The minimum atomic E-state index is -0.0728. The highest BCUT2D eigenvalue weighted by Gasteiger charge is 2.28. The highest BCUT2D eigenvalue weighted by Crippen LogP contribution is 2.23. The molecule has 3 heterocycles. The van der Waals surface area contributed by atoms with Gasteiger partial charge in [-0.3, -0.25) is 14.2 Å². The number of piperidine rings is 1. The van der Waals surface area contributed by atoms with Gasteiger partial charge in [-0.1, -0.05) is 42.5 Å². The fourth-order valence-corrected chi connectivity index (χ4v) is 5.57. The highest BCUT2D eigenvalue weighted by molar-refractivity contribution is 5.79. The van der Waals surface area contributed by atoms with Crippen LogP contribution >= 0.6 is 0 Å². The van der Waals surface area contributed by atoms with Gasteiger partial charge >= 0.3 is 0 Å². The van der Waals surface area contributed by atoms with Gasteiger partial charge in [0, 0.05) is 31.6 Å². The standard InChI is InChI=1S/C29H37N5O2/c1-22(32-17-7-8-18-32)13-16-30-28(35)24-14-19-33(20-15-24)27-29(36)34(21-23-9-3-2-4-10-23)26-12-6-5-11-25(26)31-27/h2-6,9-12,22,24H,7-8,13-21H2,1H3,(H,30,35)/t22-/m0/s1. The Morgan fingerprint density at radius 2 is 1.69 bits per heavy atom. The van der Waals surface area contributed by atoms with Gasteiger partial charge < -0.3 is 15.1 Å². The number of benzene rings is 2. The van der Waals surface area contributed by atoms with E-state index in [9.17, 15) is 9.59 Å². The summed E-state index contributed by atoms with van der Waals surface area (Å²) in [5.74, 6) is 0.634. The van der Waals surface area contributed by atoms with E-state index in [2.05, 4.69) is 22.0 Å². The van der Waals surface area contributed by atoms with Crippen LogP contribution < -0.4 is 15.8 Å². The molecule has 3 aromatic rings. The van der Waals surface area contributed by atoms with Gasteiger partial charge in [-0.15, -0.1) is 0 Å². The number of nitrogens with one attached hydrogen (secondary N) is 1. The number of aromatic nitrogens is 2. The molecule has 2 fully saturated rings. The van der Waals surface area contributed by atoms with Gasteiger partial charge in [-0.2, -0.15) is 0 Å². The molecule has 7 heteroatoms. The van der Waals surface area contributed by atoms with Gasteiger partial charge in [0.1, 0.15) is 0 Å². The smallest absolute Gasteiger partial charge is 0.294 e. The number of amides is 1. The lowest BCUT2D eigenvalue weighted by atomic mass is 9.96. The number of para-hydroxylation sites is 2. The summed E-state index contributed by atoms with van der Waals surface area (Å²) in [7, 11) is 0. The van der Waals surface area contributed by atoms with Crippen LogP contribution in [0.3, 0.4) is 0 Å². The fourth-order valence-electron chi connectivity index (χ4n) is 5.57. The molecule has 1 aromatic heterocycles. The summed E-state index contributed by atoms with van der Waals surface area (Å²) in [5.41, 5.74) is 2.66. The summed E-state index contributed by atoms with van der Waals surface area (Å²) < 4.78 is 1.83. The van der Waals surface area contributed by atoms with Gasteiger partial charge in [0.25, 0.3) is 5.56 Å². The van der Waals surface area contributed by atoms with Crippen LogP contribution in [0.2, 0.25) is 0 Å². The summed E-state index contributed by atoms with van der Waals surface area (Å²) in [4.78, 5) is 35.8. The van der Waals surface area contributed by atoms with Crippen molar-refractivity contribution >= 4 is 22.8 Å². The summed E-state index contributed by atoms with van der Waals surface area (Å²) in [6, 6.07) is 18.4. The summed E-state index contributed by atoms with van der Waals surface area (Å²) in [6.45, 7) is 7.18. The molecule has 0 saturated carbocycles. The Hall–Kier alpha value is -3.19. The summed E-state index contributed by atoms with van der Waals surface area (Å²) >= 11 is 0. The van der Waals surface area contributed by atoms with E-state index >= 15 is 0 Å². The monoisotopic (exact) mass is 487 g/mol. The van der Waals surface area contributed by atoms with Crippen LogP contribution in [0.4, 0.5) is 5.82 Å². The molecule has 2 aliphatic rings. The number of hydrogen-bond acceptors (Lipinski definition) is 5. The van der Waals surface area contributed by atoms with Crippen LogP contribution in [0.15, 0.2) is 59.4 Å². The Morgan fingerprint density at radius 3 is 2.44 bits per heavy atom. The molecule has 0 spiro atoms. The first-order valence-corrected chi connectivity index (χ1v) is 13.4. The maximum absolute atomic E-state index is 13.6. The van der Waals surface area contributed by atoms with Crippen molar-refractivity contribution in [3.8, 4) is 0 Å². The lowest BCUT2D eigenvalue weighted by Crippen LogP contribution is -2.44. The van der Waals surface area contributed by atoms with Gasteiger partial charge in [0.15, 0.2) is 5.82 Å². The van der Waals surface area contributed by atoms with Crippen molar-refractivity contribution in [2.45, 2.75) is 51.6 Å². The Bertz CT molecular complexity index is 1230. The molecule has 1 atom stereocenters. The molecular weight excluding hydrogens is 450 g/mol. The van der Waals surface area contributed by atoms with E-state index in [1.165, 1.54) is 25.9 Å². The van der Waals surface area contributed by atoms with Crippen molar-refractivity contribution in [1.29, 1.82) is 0 Å². The normalized spacial score (nSPS) is 18.0. The van der Waals surface area contributed by atoms with Crippen LogP contribution in [0.5, 0.6) is 0 Å². The number of likely N-dealkylation sites (tertiary alicyclic amines) is 1. The van der Waals surface area contributed by atoms with Gasteiger partial charge in [-0.05, 0) is 69.8 Å². The van der Waals surface area contributed by atoms with Gasteiger partial charge in [-0.25, -0.2) is 4.98 Å². The van der Waals surface area contributed by atoms with Crippen LogP contribution in [0.25, 0.3) is 11.0 Å². The Balaban J connectivity index is 1.23. The van der Waals surface area contributed by atoms with E-state index in [0.717, 1.165) is 42.4 Å². The second-order valence-electron chi connectivity index (χ2n) is 10.2. The molecule has 7 nitrogen and oxygen atoms in total. The van der Waals surface area contributed by atoms with Crippen LogP contribution in [0.1, 0.15) is 44.6 Å². The predicted molar refractivity (Wildman–Crippen MR) is 144 cm³/mol. The molecule has 2 aromatic carbocycles. The topological polar surface area (TPSA) is 70.5 Å². The Morgan fingerprint density at radius 1 is 1.00 bits per heavy atom. The number of carbonyl (C=O) groups excluding carboxylic acids is 1. The molecule has 0 radical (unpaired) electrons. The maximum atomic E-state index is 13.6. The van der Waals surface area contributed by atoms with Crippen molar-refractivity contribution < 1.29 is 4.79 Å². The third kappa shape index (κ3) is 5.46. The molecule has 0 unspecified atom stereocenters. The van der Waals surface area contributed by atoms with Crippen LogP contribution in [-0.2, 0) is 11.3 Å². The zero-order valence-electron chi connectivity index (χ0n) is 21.2. The number of hydrogen-bond donors (Lipinski definition) is 1. The Kier molecular flexibility index (Phi) is 7.66. The largest absolute Gasteiger partial charge is 0.356 e. The minimum absolute atomic E-state index is 0.00431. The van der Waals surface area contributed by atoms with Crippen molar-refractivity contribution in [2.75, 3.05) is 37.6 Å². The molecular formula is C29H37N5O2. The van der Waals surface area contributed by atoms with Crippen LogP contribution in [-0.4, -0.2) is 59.1 Å². The number of carbonyl (C=O) groups is 1. The zero-order valence-corrected chi connectivity index (χ0v) is 21.2. The van der Waals surface area contributed by atoms with E-state index < -0.39 is 0 Å². The van der Waals surface area contributed by atoms with E-state index in [4.69, 9.17) is 4.98 Å². The maximum Gasteiger partial charge on any atom is 0.294 e. The van der Waals surface area contributed by atoms with Gasteiger partial charge in [0.05, 0.1) is 17.6 Å². The molecule has 190 valence electrons. The quantitative estimate of drug-likeness (QED) is 0.525. The third-order valence-corrected chi connectivity index (χ3v) is 7.81. The first kappa shape index (κ1) is 24.5. The third-order valence-electron chi connectivity index (χ3n) is 7.81. The Labute approximate surface area is 213 Å². The average Bonchev–Trinajstić information content (AvgIpc) is 3.46. The molecule has 1 N–H and O–H groups in total. The van der Waals surface area contributed by atoms with Gasteiger partial charge in [0.2, 0.25) is 5.91 Å². The van der Waals surface area contributed by atoms with Crippen molar-refractivity contribution in [3.63, 3.8) is 0 Å². The van der Waals surface area contributed by atoms with E-state index in [1.807, 2.05) is 59.2 Å². The lowest BCUT2D eigenvalue weighted by molar-refractivity contribution is -0.125. The first-order valence-electron chi connectivity index (χ1n) is 13.4. The molecule has 0 aliphatic carbocycles. The molecule has 2 aliphatic heterocycles. The summed E-state index contributed by atoms with van der Waals surface area (Å²) in [5, 5.41) is 3.17. The molecule has 0 bridgehead atoms. The second kappa shape index (κ2) is 11.2. The van der Waals surface area contributed by atoms with Crippen molar-refractivity contribution in [1.82, 2.24) is 19.8 Å². The van der Waals surface area contributed by atoms with Crippen molar-refractivity contribution in [2.24, 2.45) is 5.92 Å². The average molecular weight is 488 g/mol. The first-order chi connectivity index (χ1) is 17.6. The SMILES string of the molecule is C[C@@H](CCNC(=O)C1CCN(c2nc3ccccc3n(Cc3ccccc3)c2=O)CC1)N1CCCC1. The number of rotatable bonds is 8. The summed E-state index contributed by atoms with van der Waals surface area (Å²) in [6.07, 6.45) is 5.05. The highest BCUT2D eigenvalue weighted by atomic mass is 16.2. The van der Waals surface area contributed by atoms with E-state index in [-0.39, 0.29) is 17.4 Å². The molecule has 1 amide bonds. The fraction of sp³-hybridized carbons (Fsp3) is 0.483. The predicted octanol–water partition coefficient (Wildman–Crippen LogP) is 3.65. The molecule has 36 heavy (non-hydrogen) atoms. The van der Waals surface area contributed by atoms with Crippen molar-refractivity contribution in [3.05, 3.63) is 70.5 Å².